The number of carbonyl (C=O) groups is 2. The molecule has 1 aromatic heterocycles. The van der Waals surface area contributed by atoms with Crippen LogP contribution in [0.1, 0.15) is 17.7 Å². The molecule has 0 fully saturated rings. The van der Waals surface area contributed by atoms with Gasteiger partial charge in [0.05, 0.1) is 17.1 Å². The van der Waals surface area contributed by atoms with Gasteiger partial charge in [-0.3, -0.25) is 9.59 Å². The molecule has 0 aliphatic heterocycles. The molecule has 1 amide bonds. The molecule has 0 atom stereocenters. The van der Waals surface area contributed by atoms with Crippen LogP contribution >= 0.6 is 34.5 Å². The van der Waals surface area contributed by atoms with Gasteiger partial charge in [-0.15, -0.1) is 11.3 Å². The monoisotopic (exact) mass is 358 g/mol. The molecule has 116 valence electrons. The van der Waals surface area contributed by atoms with Gasteiger partial charge in [-0.25, -0.2) is 4.98 Å². The molecule has 2 rings (SSSR count). The lowest BCUT2D eigenvalue weighted by Gasteiger charge is -2.02. The van der Waals surface area contributed by atoms with Gasteiger partial charge in [-0.05, 0) is 25.1 Å². The zero-order valence-corrected chi connectivity index (χ0v) is 13.8. The Morgan fingerprint density at radius 2 is 2.05 bits per heavy atom. The highest BCUT2D eigenvalue weighted by Crippen LogP contribution is 2.35. The fourth-order valence-electron chi connectivity index (χ4n) is 1.78. The largest absolute Gasteiger partial charge is 0.481 e. The van der Waals surface area contributed by atoms with Crippen molar-refractivity contribution in [2.24, 2.45) is 0 Å². The smallest absolute Gasteiger partial charge is 0.303 e. The Labute approximate surface area is 140 Å². The molecule has 0 bridgehead atoms. The fraction of sp³-hybridized carbons (Fsp3) is 0.214. The van der Waals surface area contributed by atoms with Crippen LogP contribution in [0, 0.1) is 6.92 Å². The predicted octanol–water partition coefficient (Wildman–Crippen LogP) is 4.23. The van der Waals surface area contributed by atoms with E-state index in [1.54, 1.807) is 18.2 Å². The van der Waals surface area contributed by atoms with E-state index in [1.165, 1.54) is 11.3 Å². The molecule has 0 aliphatic rings. The van der Waals surface area contributed by atoms with E-state index in [2.05, 4.69) is 10.3 Å². The van der Waals surface area contributed by atoms with Crippen molar-refractivity contribution in [1.29, 1.82) is 0 Å². The molecule has 2 aromatic rings. The molecule has 2 N–H and O–H groups in total. The lowest BCUT2D eigenvalue weighted by molar-refractivity contribution is -0.138. The average Bonchev–Trinajstić information content (AvgIpc) is 2.77. The Kier molecular flexibility index (Phi) is 5.39. The zero-order chi connectivity index (χ0) is 16.3. The molecule has 0 spiro atoms. The minimum Gasteiger partial charge on any atom is -0.481 e. The number of nitrogens with zero attached hydrogens (tertiary/aromatic N) is 1. The summed E-state index contributed by atoms with van der Waals surface area (Å²) in [6.45, 7) is 1.87. The number of aryl methyl sites for hydroxylation is 1. The molecule has 0 aliphatic carbocycles. The van der Waals surface area contributed by atoms with Gasteiger partial charge in [0.15, 0.2) is 5.13 Å². The molecule has 0 saturated carbocycles. The maximum atomic E-state index is 11.6. The molecule has 1 heterocycles. The van der Waals surface area contributed by atoms with Crippen molar-refractivity contribution < 1.29 is 14.7 Å². The lowest BCUT2D eigenvalue weighted by atomic mass is 10.1. The van der Waals surface area contributed by atoms with Gasteiger partial charge in [0.1, 0.15) is 0 Å². The molecule has 0 saturated heterocycles. The molecular formula is C14H12Cl2N2O3S. The number of hydrogen-bond acceptors (Lipinski definition) is 4. The normalized spacial score (nSPS) is 10.5. The van der Waals surface area contributed by atoms with Gasteiger partial charge in [0.2, 0.25) is 5.91 Å². The summed E-state index contributed by atoms with van der Waals surface area (Å²) in [5.74, 6) is -1.40. The highest BCUT2D eigenvalue weighted by atomic mass is 35.5. The third-order valence-electron chi connectivity index (χ3n) is 2.80. The molecular weight excluding hydrogens is 347 g/mol. The number of carboxylic acids is 1. The number of rotatable bonds is 5. The first-order valence-corrected chi connectivity index (χ1v) is 7.88. The number of aromatic nitrogens is 1. The van der Waals surface area contributed by atoms with Crippen molar-refractivity contribution in [3.8, 4) is 11.3 Å². The van der Waals surface area contributed by atoms with E-state index in [1.807, 2.05) is 6.92 Å². The number of halogens is 2. The summed E-state index contributed by atoms with van der Waals surface area (Å²) in [7, 11) is 0. The second-order valence-corrected chi connectivity index (χ2v) is 6.54. The number of anilines is 1. The van der Waals surface area contributed by atoms with Crippen molar-refractivity contribution in [3.05, 3.63) is 33.1 Å². The standard InChI is InChI=1S/C14H12Cl2N2O3S/c1-7-13(9-3-2-8(15)6-10(9)16)18-14(22-7)17-11(19)4-5-12(20)21/h2-3,6H,4-5H2,1H3,(H,20,21)(H,17,18,19). The van der Waals surface area contributed by atoms with E-state index in [9.17, 15) is 9.59 Å². The molecule has 5 nitrogen and oxygen atoms in total. The average molecular weight is 359 g/mol. The lowest BCUT2D eigenvalue weighted by Crippen LogP contribution is -2.12. The number of carboxylic acid groups (broad SMARTS) is 1. The first-order valence-electron chi connectivity index (χ1n) is 6.31. The predicted molar refractivity (Wildman–Crippen MR) is 87.8 cm³/mol. The van der Waals surface area contributed by atoms with E-state index >= 15 is 0 Å². The van der Waals surface area contributed by atoms with Crippen LogP contribution in [0.15, 0.2) is 18.2 Å². The number of nitrogens with one attached hydrogen (secondary N) is 1. The Balaban J connectivity index is 2.17. The number of carbonyl (C=O) groups excluding carboxylic acids is 1. The van der Waals surface area contributed by atoms with Crippen molar-refractivity contribution in [3.63, 3.8) is 0 Å². The minimum absolute atomic E-state index is 0.0923. The van der Waals surface area contributed by atoms with Crippen LogP contribution in [0.2, 0.25) is 10.0 Å². The van der Waals surface area contributed by atoms with Crippen molar-refractivity contribution >= 4 is 51.5 Å². The maximum Gasteiger partial charge on any atom is 0.303 e. The van der Waals surface area contributed by atoms with E-state index < -0.39 is 5.97 Å². The second kappa shape index (κ2) is 7.09. The second-order valence-electron chi connectivity index (χ2n) is 4.49. The van der Waals surface area contributed by atoms with Crippen LogP contribution in [-0.2, 0) is 9.59 Å². The van der Waals surface area contributed by atoms with Crippen LogP contribution < -0.4 is 5.32 Å². The van der Waals surface area contributed by atoms with Gasteiger partial charge in [0.25, 0.3) is 0 Å². The molecule has 22 heavy (non-hydrogen) atoms. The minimum atomic E-state index is -1.01. The molecule has 0 unspecified atom stereocenters. The van der Waals surface area contributed by atoms with Crippen LogP contribution in [-0.4, -0.2) is 22.0 Å². The number of amides is 1. The van der Waals surface area contributed by atoms with Crippen molar-refractivity contribution in [1.82, 2.24) is 4.98 Å². The quantitative estimate of drug-likeness (QED) is 0.837. The number of hydrogen-bond donors (Lipinski definition) is 2. The number of thiazole rings is 1. The van der Waals surface area contributed by atoms with Gasteiger partial charge >= 0.3 is 5.97 Å². The SMILES string of the molecule is Cc1sc(NC(=O)CCC(=O)O)nc1-c1ccc(Cl)cc1Cl. The van der Waals surface area contributed by atoms with Gasteiger partial charge in [0, 0.05) is 21.9 Å². The summed E-state index contributed by atoms with van der Waals surface area (Å²) in [6.07, 6.45) is -0.308. The van der Waals surface area contributed by atoms with Crippen LogP contribution in [0.4, 0.5) is 5.13 Å². The third kappa shape index (κ3) is 4.19. The summed E-state index contributed by atoms with van der Waals surface area (Å²) >= 11 is 13.3. The molecule has 0 radical (unpaired) electrons. The third-order valence-corrected chi connectivity index (χ3v) is 4.23. The Hall–Kier alpha value is -1.63. The summed E-state index contributed by atoms with van der Waals surface area (Å²) < 4.78 is 0. The maximum absolute atomic E-state index is 11.6. The first kappa shape index (κ1) is 16.7. The molecule has 8 heteroatoms. The number of benzene rings is 1. The highest BCUT2D eigenvalue weighted by Gasteiger charge is 2.15. The van der Waals surface area contributed by atoms with Crippen molar-refractivity contribution in [2.75, 3.05) is 5.32 Å². The summed E-state index contributed by atoms with van der Waals surface area (Å²) in [5.41, 5.74) is 1.39. The van der Waals surface area contributed by atoms with E-state index in [-0.39, 0.29) is 18.7 Å². The van der Waals surface area contributed by atoms with Crippen molar-refractivity contribution in [2.45, 2.75) is 19.8 Å². The van der Waals surface area contributed by atoms with Gasteiger partial charge in [-0.2, -0.15) is 0 Å². The van der Waals surface area contributed by atoms with E-state index in [0.29, 0.717) is 20.9 Å². The number of aliphatic carboxylic acids is 1. The van der Waals surface area contributed by atoms with Gasteiger partial charge in [-0.1, -0.05) is 23.2 Å². The molecule has 1 aromatic carbocycles. The Bertz CT molecular complexity index is 731. The van der Waals surface area contributed by atoms with Crippen LogP contribution in [0.5, 0.6) is 0 Å². The Morgan fingerprint density at radius 1 is 1.32 bits per heavy atom. The topological polar surface area (TPSA) is 79.3 Å². The summed E-state index contributed by atoms with van der Waals surface area (Å²) in [6, 6.07) is 5.11. The Morgan fingerprint density at radius 3 is 2.68 bits per heavy atom. The van der Waals surface area contributed by atoms with Crippen LogP contribution in [0.25, 0.3) is 11.3 Å². The highest BCUT2D eigenvalue weighted by molar-refractivity contribution is 7.16. The zero-order valence-electron chi connectivity index (χ0n) is 11.5. The fourth-order valence-corrected chi connectivity index (χ4v) is 3.13. The summed E-state index contributed by atoms with van der Waals surface area (Å²) in [4.78, 5) is 27.3. The van der Waals surface area contributed by atoms with Gasteiger partial charge < -0.3 is 10.4 Å². The first-order chi connectivity index (χ1) is 10.4. The van der Waals surface area contributed by atoms with Crippen LogP contribution in [0.3, 0.4) is 0 Å². The summed E-state index contributed by atoms with van der Waals surface area (Å²) in [5, 5.41) is 12.6. The van der Waals surface area contributed by atoms with E-state index in [0.717, 1.165) is 10.4 Å². The van der Waals surface area contributed by atoms with E-state index in [4.69, 9.17) is 28.3 Å².